The molecule has 0 radical (unpaired) electrons. The Kier molecular flexibility index (Phi) is 9.49. The maximum absolute atomic E-state index is 13.9. The van der Waals surface area contributed by atoms with Crippen molar-refractivity contribution in [1.29, 1.82) is 0 Å². The first-order valence-corrected chi connectivity index (χ1v) is 20.7. The zero-order valence-corrected chi connectivity index (χ0v) is 33.5. The number of nitrogens with zero attached hydrogens (tertiary/aromatic N) is 5. The molecule has 12 heteroatoms. The molecule has 0 saturated heterocycles. The van der Waals surface area contributed by atoms with Crippen molar-refractivity contribution in [2.45, 2.75) is 90.0 Å². The number of thiazole rings is 1. The molecule has 4 saturated carbocycles. The van der Waals surface area contributed by atoms with Gasteiger partial charge in [-0.1, -0.05) is 35.6 Å². The van der Waals surface area contributed by atoms with Gasteiger partial charge in [0.15, 0.2) is 10.8 Å². The second-order valence-corrected chi connectivity index (χ2v) is 18.6. The van der Waals surface area contributed by atoms with E-state index in [9.17, 15) is 9.59 Å². The molecule has 1 N–H and O–H groups in total. The summed E-state index contributed by atoms with van der Waals surface area (Å²) in [5.74, 6) is 1.36. The summed E-state index contributed by atoms with van der Waals surface area (Å²) in [5.41, 5.74) is 4.69. The molecular weight excluding hydrogens is 725 g/mol. The number of benzene rings is 2. The van der Waals surface area contributed by atoms with E-state index >= 15 is 0 Å². The lowest BCUT2D eigenvalue weighted by Crippen LogP contribution is -2.58. The Morgan fingerprint density at radius 1 is 0.982 bits per heavy atom. The predicted molar refractivity (Wildman–Crippen MR) is 217 cm³/mol. The average molecular weight is 775 g/mol. The molecule has 4 heterocycles. The second kappa shape index (κ2) is 14.4. The third-order valence-corrected chi connectivity index (χ3v) is 13.0. The van der Waals surface area contributed by atoms with Crippen LogP contribution in [0.5, 0.6) is 0 Å². The summed E-state index contributed by atoms with van der Waals surface area (Å²) >= 11 is 1.46. The Bertz CT molecular complexity index is 2250. The summed E-state index contributed by atoms with van der Waals surface area (Å²) in [6, 6.07) is 17.7. The fourth-order valence-electron chi connectivity index (χ4n) is 10.4. The van der Waals surface area contributed by atoms with Gasteiger partial charge in [-0.05, 0) is 124 Å². The summed E-state index contributed by atoms with van der Waals surface area (Å²) in [5, 5.41) is 8.47. The number of anilines is 2. The van der Waals surface area contributed by atoms with Crippen molar-refractivity contribution in [1.82, 2.24) is 19.7 Å². The molecule has 5 aliphatic rings. The topological polar surface area (TPSA) is 121 Å². The van der Waals surface area contributed by atoms with Gasteiger partial charge in [-0.3, -0.25) is 14.8 Å². The number of methoxy groups -OCH3 is 1. The number of ether oxygens (including phenoxy) is 3. The van der Waals surface area contributed by atoms with Crippen LogP contribution in [0.15, 0.2) is 67.0 Å². The van der Waals surface area contributed by atoms with E-state index in [0.29, 0.717) is 60.2 Å². The number of amides is 1. The van der Waals surface area contributed by atoms with Gasteiger partial charge in [0.2, 0.25) is 0 Å². The minimum atomic E-state index is -0.703. The third-order valence-electron chi connectivity index (χ3n) is 12.1. The van der Waals surface area contributed by atoms with E-state index in [1.54, 1.807) is 7.11 Å². The number of pyridine rings is 1. The van der Waals surface area contributed by atoms with E-state index < -0.39 is 11.6 Å². The summed E-state index contributed by atoms with van der Waals surface area (Å²) in [6.07, 6.45) is 11.7. The fraction of sp³-hybridized carbons (Fsp3) is 0.477. The Morgan fingerprint density at radius 3 is 2.59 bits per heavy atom. The summed E-state index contributed by atoms with van der Waals surface area (Å²) in [7, 11) is 1.73. The van der Waals surface area contributed by atoms with Crippen LogP contribution in [-0.2, 0) is 33.7 Å². The van der Waals surface area contributed by atoms with Gasteiger partial charge >= 0.3 is 5.97 Å². The highest BCUT2D eigenvalue weighted by Gasteiger charge is 2.58. The van der Waals surface area contributed by atoms with Crippen molar-refractivity contribution >= 4 is 44.4 Å². The number of rotatable bonds is 11. The van der Waals surface area contributed by atoms with E-state index in [-0.39, 0.29) is 22.6 Å². The highest BCUT2D eigenvalue weighted by molar-refractivity contribution is 7.22. The number of carbonyl (C=O) groups excluding carboxylic acids is 2. The molecule has 4 bridgehead atoms. The molecular formula is C44H50N6O5S. The van der Waals surface area contributed by atoms with Crippen LogP contribution in [0.25, 0.3) is 21.3 Å². The van der Waals surface area contributed by atoms with E-state index in [1.165, 1.54) is 30.6 Å². The summed E-state index contributed by atoms with van der Waals surface area (Å²) in [4.78, 5) is 39.4. The fourth-order valence-corrected chi connectivity index (χ4v) is 11.3. The number of para-hydroxylation sites is 1. The zero-order chi connectivity index (χ0) is 38.7. The lowest BCUT2D eigenvalue weighted by Gasteiger charge is -2.61. The monoisotopic (exact) mass is 774 g/mol. The number of aromatic nitrogens is 4. The predicted octanol–water partition coefficient (Wildman–Crippen LogP) is 8.33. The van der Waals surface area contributed by atoms with Crippen LogP contribution in [0.3, 0.4) is 0 Å². The standard InChI is InChI=1S/C44H50N6O5S/c1-42(2,3)55-40(52)38-32(31-23-45-50(24-31)27-43-19-28-18-29(20-43)22-44(21-28,26-43)54-17-16-53-4)12-13-37(47-38)49-15-14-30-8-7-9-33(34(30)25-49)39(51)48-41-46-35-10-5-6-11-36(35)56-41/h5-13,23-24,28-29H,14-22,25-27H2,1-4H3,(H,46,48,51). The van der Waals surface area contributed by atoms with Crippen LogP contribution in [0.1, 0.15) is 91.3 Å². The molecule has 4 fully saturated rings. The quantitative estimate of drug-likeness (QED) is 0.104. The van der Waals surface area contributed by atoms with Crippen molar-refractivity contribution in [3.63, 3.8) is 0 Å². The number of esters is 1. The molecule has 3 aromatic heterocycles. The maximum Gasteiger partial charge on any atom is 0.358 e. The van der Waals surface area contributed by atoms with Crippen LogP contribution in [-0.4, -0.2) is 69.7 Å². The van der Waals surface area contributed by atoms with Crippen LogP contribution >= 0.6 is 11.3 Å². The largest absolute Gasteiger partial charge is 0.455 e. The Labute approximate surface area is 331 Å². The molecule has 10 rings (SSSR count). The Hall–Kier alpha value is -4.65. The van der Waals surface area contributed by atoms with Crippen molar-refractivity contribution < 1.29 is 23.8 Å². The van der Waals surface area contributed by atoms with E-state index in [4.69, 9.17) is 24.3 Å². The number of hydrogen-bond donors (Lipinski definition) is 1. The van der Waals surface area contributed by atoms with E-state index in [1.807, 2.05) is 75.5 Å². The maximum atomic E-state index is 13.9. The second-order valence-electron chi connectivity index (χ2n) is 17.5. The number of hydrogen-bond acceptors (Lipinski definition) is 10. The van der Waals surface area contributed by atoms with Crippen molar-refractivity contribution in [3.8, 4) is 11.1 Å². The SMILES string of the molecule is COCCOC12CC3CC(CC(Cn4cc(-c5ccc(N6CCc7cccc(C(=O)Nc8nc9ccccc9s8)c7C6)nc5C(=O)OC(C)(C)C)cn4)(C3)C1)C2. The molecule has 2 unspecified atom stereocenters. The minimum Gasteiger partial charge on any atom is -0.455 e. The van der Waals surface area contributed by atoms with E-state index in [2.05, 4.69) is 32.1 Å². The van der Waals surface area contributed by atoms with Gasteiger partial charge in [-0.2, -0.15) is 5.10 Å². The highest BCUT2D eigenvalue weighted by atomic mass is 32.1. The number of fused-ring (bicyclic) bond motifs is 2. The molecule has 0 spiro atoms. The molecule has 1 aliphatic heterocycles. The van der Waals surface area contributed by atoms with Crippen LogP contribution in [0, 0.1) is 17.3 Å². The van der Waals surface area contributed by atoms with Gasteiger partial charge in [-0.15, -0.1) is 0 Å². The third kappa shape index (κ3) is 7.34. The highest BCUT2D eigenvalue weighted by Crippen LogP contribution is 2.63. The molecule has 11 nitrogen and oxygen atoms in total. The molecule has 1 amide bonds. The molecule has 2 atom stereocenters. The lowest BCUT2D eigenvalue weighted by atomic mass is 9.48. The van der Waals surface area contributed by atoms with Crippen LogP contribution in [0.2, 0.25) is 0 Å². The van der Waals surface area contributed by atoms with Crippen LogP contribution in [0.4, 0.5) is 10.9 Å². The van der Waals surface area contributed by atoms with Gasteiger partial charge in [0, 0.05) is 49.6 Å². The first kappa shape index (κ1) is 37.0. The molecule has 4 aliphatic carbocycles. The van der Waals surface area contributed by atoms with Crippen LogP contribution < -0.4 is 10.2 Å². The van der Waals surface area contributed by atoms with Crippen molar-refractivity contribution in [2.75, 3.05) is 37.1 Å². The summed E-state index contributed by atoms with van der Waals surface area (Å²) in [6.45, 7) is 8.84. The van der Waals surface area contributed by atoms with Crippen molar-refractivity contribution in [3.05, 3.63) is 89.4 Å². The lowest BCUT2D eigenvalue weighted by molar-refractivity contribution is -0.200. The smallest absolute Gasteiger partial charge is 0.358 e. The van der Waals surface area contributed by atoms with Gasteiger partial charge < -0.3 is 19.1 Å². The molecule has 2 aromatic carbocycles. The van der Waals surface area contributed by atoms with Crippen molar-refractivity contribution in [2.24, 2.45) is 17.3 Å². The average Bonchev–Trinajstić information content (AvgIpc) is 3.79. The van der Waals surface area contributed by atoms with Gasteiger partial charge in [-0.25, -0.2) is 14.8 Å². The van der Waals surface area contributed by atoms with E-state index in [0.717, 1.165) is 59.1 Å². The molecule has 5 aromatic rings. The Morgan fingerprint density at radius 2 is 1.80 bits per heavy atom. The van der Waals surface area contributed by atoms with Gasteiger partial charge in [0.05, 0.1) is 35.2 Å². The first-order valence-electron chi connectivity index (χ1n) is 19.9. The zero-order valence-electron chi connectivity index (χ0n) is 32.7. The normalized spacial score (nSPS) is 24.0. The summed E-state index contributed by atoms with van der Waals surface area (Å²) < 4.78 is 20.9. The minimum absolute atomic E-state index is 0.0574. The van der Waals surface area contributed by atoms with Gasteiger partial charge in [0.25, 0.3) is 5.91 Å². The molecule has 56 heavy (non-hydrogen) atoms. The molecule has 292 valence electrons. The first-order chi connectivity index (χ1) is 27.0. The number of nitrogens with one attached hydrogen (secondary N) is 1. The Balaban J connectivity index is 0.971. The number of carbonyl (C=O) groups is 2. The van der Waals surface area contributed by atoms with Gasteiger partial charge in [0.1, 0.15) is 11.4 Å².